The van der Waals surface area contributed by atoms with Gasteiger partial charge >= 0.3 is 5.69 Å². The Morgan fingerprint density at radius 3 is 2.71 bits per heavy atom. The van der Waals surface area contributed by atoms with Crippen molar-refractivity contribution in [3.8, 4) is 5.75 Å². The summed E-state index contributed by atoms with van der Waals surface area (Å²) in [4.78, 5) is 12.8. The third-order valence-electron chi connectivity index (χ3n) is 4.62. The highest BCUT2D eigenvalue weighted by Gasteiger charge is 2.27. The molecule has 0 spiro atoms. The molecule has 4 rings (SSSR count). The molecule has 0 bridgehead atoms. The van der Waals surface area contributed by atoms with Crippen molar-refractivity contribution in [1.82, 2.24) is 18.5 Å². The van der Waals surface area contributed by atoms with Crippen molar-refractivity contribution < 1.29 is 17.9 Å². The van der Waals surface area contributed by atoms with Crippen molar-refractivity contribution in [2.45, 2.75) is 11.4 Å². The quantitative estimate of drug-likeness (QED) is 0.617. The Morgan fingerprint density at radius 1 is 1.18 bits per heavy atom. The molecule has 0 saturated carbocycles. The van der Waals surface area contributed by atoms with Crippen LogP contribution in [-0.2, 0) is 21.3 Å². The predicted molar refractivity (Wildman–Crippen MR) is 101 cm³/mol. The fourth-order valence-corrected chi connectivity index (χ4v) is 4.54. The fourth-order valence-electron chi connectivity index (χ4n) is 3.13. The summed E-state index contributed by atoms with van der Waals surface area (Å²) in [5, 5.41) is 4.30. The second-order valence-corrected chi connectivity index (χ2v) is 8.34. The average Bonchev–Trinajstić information content (AvgIpc) is 3.03. The number of hydrogen-bond acceptors (Lipinski definition) is 6. The van der Waals surface area contributed by atoms with E-state index in [2.05, 4.69) is 5.10 Å². The highest BCUT2D eigenvalue weighted by molar-refractivity contribution is 7.89. The lowest BCUT2D eigenvalue weighted by molar-refractivity contribution is 0.0730. The zero-order valence-corrected chi connectivity index (χ0v) is 16.1. The molecule has 3 heterocycles. The van der Waals surface area contributed by atoms with Gasteiger partial charge in [-0.05, 0) is 29.8 Å². The summed E-state index contributed by atoms with van der Waals surface area (Å²) in [5.74, 6) is 0.688. The number of morpholine rings is 1. The predicted octanol–water partition coefficient (Wildman–Crippen LogP) is 0.574. The van der Waals surface area contributed by atoms with Crippen LogP contribution in [0, 0.1) is 0 Å². The first-order chi connectivity index (χ1) is 13.5. The van der Waals surface area contributed by atoms with Gasteiger partial charge in [0.1, 0.15) is 5.75 Å². The molecule has 1 aromatic carbocycles. The van der Waals surface area contributed by atoms with Gasteiger partial charge in [-0.3, -0.25) is 0 Å². The third-order valence-corrected chi connectivity index (χ3v) is 6.51. The molecule has 0 radical (unpaired) electrons. The van der Waals surface area contributed by atoms with Gasteiger partial charge in [0.15, 0.2) is 5.65 Å². The van der Waals surface area contributed by atoms with E-state index < -0.39 is 15.7 Å². The molecule has 3 aromatic rings. The van der Waals surface area contributed by atoms with Gasteiger partial charge in [0.2, 0.25) is 10.0 Å². The summed E-state index contributed by atoms with van der Waals surface area (Å²) in [5.41, 5.74) is 0.830. The molecule has 1 fully saturated rings. The monoisotopic (exact) mass is 404 g/mol. The minimum atomic E-state index is -3.69. The van der Waals surface area contributed by atoms with Crippen molar-refractivity contribution in [1.29, 1.82) is 0 Å². The van der Waals surface area contributed by atoms with Gasteiger partial charge < -0.3 is 9.47 Å². The smallest absolute Gasteiger partial charge is 0.350 e. The van der Waals surface area contributed by atoms with Crippen LogP contribution in [0.2, 0.25) is 0 Å². The summed E-state index contributed by atoms with van der Waals surface area (Å²) in [7, 11) is -2.11. The zero-order chi connectivity index (χ0) is 19.7. The van der Waals surface area contributed by atoms with E-state index in [0.717, 1.165) is 5.56 Å². The lowest BCUT2D eigenvalue weighted by Crippen LogP contribution is -2.40. The van der Waals surface area contributed by atoms with Crippen molar-refractivity contribution in [2.75, 3.05) is 33.4 Å². The number of ether oxygens (including phenoxy) is 2. The topological polar surface area (TPSA) is 95.1 Å². The molecule has 0 atom stereocenters. The van der Waals surface area contributed by atoms with Crippen LogP contribution in [-0.4, -0.2) is 60.3 Å². The first-order valence-electron chi connectivity index (χ1n) is 8.79. The molecule has 0 aliphatic carbocycles. The van der Waals surface area contributed by atoms with E-state index in [-0.39, 0.29) is 11.4 Å². The summed E-state index contributed by atoms with van der Waals surface area (Å²) in [6, 6.07) is 10.4. The lowest BCUT2D eigenvalue weighted by atomic mass is 10.2. The summed E-state index contributed by atoms with van der Waals surface area (Å²) in [6.45, 7) is 1.57. The number of nitrogens with zero attached hydrogens (tertiary/aromatic N) is 4. The second-order valence-electron chi connectivity index (χ2n) is 6.40. The maximum Gasteiger partial charge on any atom is 0.350 e. The number of aromatic nitrogens is 3. The van der Waals surface area contributed by atoms with Gasteiger partial charge in [0.25, 0.3) is 0 Å². The standard InChI is InChI=1S/C18H20N4O5S/c1-26-15-4-2-3-14(11-15)12-22-18(23)21-13-16(5-6-17(21)19-22)28(24,25)20-7-9-27-10-8-20/h2-6,11,13H,7-10,12H2,1H3. The molecule has 0 N–H and O–H groups in total. The Morgan fingerprint density at radius 2 is 1.96 bits per heavy atom. The molecular weight excluding hydrogens is 384 g/mol. The van der Waals surface area contributed by atoms with Crippen molar-refractivity contribution in [3.63, 3.8) is 0 Å². The van der Waals surface area contributed by atoms with Crippen molar-refractivity contribution in [3.05, 3.63) is 58.6 Å². The lowest BCUT2D eigenvalue weighted by Gasteiger charge is -2.25. The van der Waals surface area contributed by atoms with E-state index in [1.165, 1.54) is 31.7 Å². The first-order valence-corrected chi connectivity index (χ1v) is 10.2. The highest BCUT2D eigenvalue weighted by Crippen LogP contribution is 2.17. The van der Waals surface area contributed by atoms with Crippen LogP contribution >= 0.6 is 0 Å². The van der Waals surface area contributed by atoms with Crippen molar-refractivity contribution >= 4 is 15.7 Å². The number of pyridine rings is 1. The van der Waals surface area contributed by atoms with Gasteiger partial charge in [-0.1, -0.05) is 12.1 Å². The second kappa shape index (κ2) is 7.38. The van der Waals surface area contributed by atoms with Crippen LogP contribution in [0.5, 0.6) is 5.75 Å². The van der Waals surface area contributed by atoms with E-state index in [0.29, 0.717) is 37.7 Å². The van der Waals surface area contributed by atoms with E-state index in [1.807, 2.05) is 24.3 Å². The van der Waals surface area contributed by atoms with Crippen LogP contribution < -0.4 is 10.4 Å². The molecule has 1 aliphatic heterocycles. The summed E-state index contributed by atoms with van der Waals surface area (Å²) in [6.07, 6.45) is 1.33. The van der Waals surface area contributed by atoms with Gasteiger partial charge in [0, 0.05) is 19.3 Å². The molecule has 10 heteroatoms. The molecule has 1 saturated heterocycles. The van der Waals surface area contributed by atoms with Gasteiger partial charge in [-0.2, -0.15) is 4.31 Å². The fraction of sp³-hybridized carbons (Fsp3) is 0.333. The summed E-state index contributed by atoms with van der Waals surface area (Å²) >= 11 is 0. The van der Waals surface area contributed by atoms with Gasteiger partial charge in [0.05, 0.1) is 31.8 Å². The molecule has 0 unspecified atom stereocenters. The Hall–Kier alpha value is -2.69. The molecule has 0 amide bonds. The Kier molecular flexibility index (Phi) is 4.92. The third kappa shape index (κ3) is 3.41. The normalized spacial score (nSPS) is 15.8. The van der Waals surface area contributed by atoms with Crippen LogP contribution in [0.15, 0.2) is 52.3 Å². The minimum Gasteiger partial charge on any atom is -0.497 e. The number of sulfonamides is 1. The molecule has 2 aromatic heterocycles. The van der Waals surface area contributed by atoms with E-state index >= 15 is 0 Å². The number of hydrogen-bond donors (Lipinski definition) is 0. The van der Waals surface area contributed by atoms with Crippen molar-refractivity contribution in [2.24, 2.45) is 0 Å². The first kappa shape index (κ1) is 18.7. The molecule has 9 nitrogen and oxygen atoms in total. The number of benzene rings is 1. The minimum absolute atomic E-state index is 0.0601. The van der Waals surface area contributed by atoms with Crippen LogP contribution in [0.4, 0.5) is 0 Å². The molecule has 148 valence electrons. The molecule has 1 aliphatic rings. The Bertz CT molecular complexity index is 1160. The zero-order valence-electron chi connectivity index (χ0n) is 15.3. The molecular formula is C18H20N4O5S. The Labute approximate surface area is 161 Å². The van der Waals surface area contributed by atoms with Crippen LogP contribution in [0.1, 0.15) is 5.56 Å². The number of rotatable bonds is 5. The highest BCUT2D eigenvalue weighted by atomic mass is 32.2. The maximum absolute atomic E-state index is 12.8. The van der Waals surface area contributed by atoms with E-state index in [9.17, 15) is 13.2 Å². The van der Waals surface area contributed by atoms with Gasteiger partial charge in [-0.15, -0.1) is 5.10 Å². The number of methoxy groups -OCH3 is 1. The average molecular weight is 404 g/mol. The van der Waals surface area contributed by atoms with Crippen LogP contribution in [0.25, 0.3) is 5.65 Å². The van der Waals surface area contributed by atoms with Crippen LogP contribution in [0.3, 0.4) is 0 Å². The summed E-state index contributed by atoms with van der Waals surface area (Å²) < 4.78 is 40.0. The van der Waals surface area contributed by atoms with Gasteiger partial charge in [-0.25, -0.2) is 22.3 Å². The number of fused-ring (bicyclic) bond motifs is 1. The maximum atomic E-state index is 12.8. The molecule has 28 heavy (non-hydrogen) atoms. The Balaban J connectivity index is 1.69. The SMILES string of the molecule is COc1cccc(Cn2nc3ccc(S(=O)(=O)N4CCOCC4)cn3c2=O)c1. The van der Waals surface area contributed by atoms with E-state index in [1.54, 1.807) is 7.11 Å². The largest absolute Gasteiger partial charge is 0.497 e. The van der Waals surface area contributed by atoms with E-state index in [4.69, 9.17) is 9.47 Å².